The summed E-state index contributed by atoms with van der Waals surface area (Å²) in [6.07, 6.45) is 7.58. The Kier molecular flexibility index (Phi) is 3.07. The summed E-state index contributed by atoms with van der Waals surface area (Å²) in [6.45, 7) is 0.997. The first kappa shape index (κ1) is 12.2. The molecule has 3 nitrogen and oxygen atoms in total. The van der Waals surface area contributed by atoms with Crippen molar-refractivity contribution in [2.45, 2.75) is 38.3 Å². The summed E-state index contributed by atoms with van der Waals surface area (Å²) in [6, 6.07) is 11.5. The summed E-state index contributed by atoms with van der Waals surface area (Å²) in [5.74, 6) is 1.96. The summed E-state index contributed by atoms with van der Waals surface area (Å²) in [5.41, 5.74) is 3.65. The molecule has 1 heterocycles. The molecule has 1 aromatic heterocycles. The number of rotatable bonds is 4. The number of hydrogen-bond donors (Lipinski definition) is 2. The average molecular weight is 267 g/mol. The third kappa shape index (κ3) is 2.27. The molecule has 0 aliphatic heterocycles. The van der Waals surface area contributed by atoms with Gasteiger partial charge in [0.15, 0.2) is 0 Å². The van der Waals surface area contributed by atoms with Gasteiger partial charge in [0.1, 0.15) is 0 Å². The summed E-state index contributed by atoms with van der Waals surface area (Å²) >= 11 is 0. The maximum Gasteiger partial charge on any atom is 0.0650 e. The van der Waals surface area contributed by atoms with Gasteiger partial charge in [0, 0.05) is 18.8 Å². The normalized spacial score (nSPS) is 28.1. The fraction of sp³-hybridized carbons (Fsp3) is 0.471. The van der Waals surface area contributed by atoms with Crippen molar-refractivity contribution >= 4 is 0 Å². The van der Waals surface area contributed by atoms with Gasteiger partial charge in [-0.05, 0) is 48.3 Å². The zero-order chi connectivity index (χ0) is 13.4. The Bertz CT molecular complexity index is 558. The topological polar surface area (TPSA) is 40.7 Å². The second-order valence-electron chi connectivity index (χ2n) is 6.33. The summed E-state index contributed by atoms with van der Waals surface area (Å²) in [5, 5.41) is 10.8. The Balaban J connectivity index is 1.37. The monoisotopic (exact) mass is 267 g/mol. The first-order chi connectivity index (χ1) is 9.88. The lowest BCUT2D eigenvalue weighted by atomic mass is 9.95. The number of aromatic nitrogens is 2. The second kappa shape index (κ2) is 5.06. The Hall–Kier alpha value is -1.61. The van der Waals surface area contributed by atoms with Crippen LogP contribution in [0.3, 0.4) is 0 Å². The fourth-order valence-corrected chi connectivity index (χ4v) is 3.96. The highest BCUT2D eigenvalue weighted by Crippen LogP contribution is 2.44. The van der Waals surface area contributed by atoms with E-state index in [4.69, 9.17) is 0 Å². The highest BCUT2D eigenvalue weighted by atomic mass is 15.1. The zero-order valence-corrected chi connectivity index (χ0v) is 11.7. The van der Waals surface area contributed by atoms with Crippen LogP contribution in [0.4, 0.5) is 0 Å². The van der Waals surface area contributed by atoms with Gasteiger partial charge in [-0.15, -0.1) is 0 Å². The van der Waals surface area contributed by atoms with E-state index in [2.05, 4.69) is 39.8 Å². The fourth-order valence-electron chi connectivity index (χ4n) is 3.96. The number of H-pyrrole nitrogens is 1. The highest BCUT2D eigenvalue weighted by Gasteiger charge is 2.38. The van der Waals surface area contributed by atoms with Crippen LogP contribution in [0.1, 0.15) is 31.2 Å². The molecular formula is C17H21N3. The molecule has 0 spiro atoms. The van der Waals surface area contributed by atoms with Crippen molar-refractivity contribution in [2.75, 3.05) is 0 Å². The lowest BCUT2D eigenvalue weighted by Gasteiger charge is -2.23. The Morgan fingerprint density at radius 3 is 2.65 bits per heavy atom. The van der Waals surface area contributed by atoms with Gasteiger partial charge >= 0.3 is 0 Å². The molecule has 2 fully saturated rings. The van der Waals surface area contributed by atoms with Crippen molar-refractivity contribution in [3.63, 3.8) is 0 Å². The molecule has 3 atom stereocenters. The van der Waals surface area contributed by atoms with Crippen LogP contribution >= 0.6 is 0 Å². The van der Waals surface area contributed by atoms with Gasteiger partial charge in [-0.2, -0.15) is 5.10 Å². The lowest BCUT2D eigenvalue weighted by molar-refractivity contribution is 0.351. The highest BCUT2D eigenvalue weighted by molar-refractivity contribution is 5.58. The Labute approximate surface area is 119 Å². The van der Waals surface area contributed by atoms with E-state index in [1.165, 1.54) is 36.8 Å². The summed E-state index contributed by atoms with van der Waals surface area (Å²) < 4.78 is 0. The van der Waals surface area contributed by atoms with Crippen molar-refractivity contribution in [1.29, 1.82) is 0 Å². The van der Waals surface area contributed by atoms with Crippen LogP contribution in [0.25, 0.3) is 11.3 Å². The van der Waals surface area contributed by atoms with Crippen LogP contribution in [0.15, 0.2) is 36.5 Å². The predicted molar refractivity (Wildman–Crippen MR) is 80.1 cm³/mol. The van der Waals surface area contributed by atoms with Crippen LogP contribution in [-0.4, -0.2) is 16.2 Å². The van der Waals surface area contributed by atoms with E-state index in [0.29, 0.717) is 0 Å². The third-order valence-corrected chi connectivity index (χ3v) is 5.07. The molecule has 2 aliphatic rings. The van der Waals surface area contributed by atoms with E-state index in [9.17, 15) is 0 Å². The minimum absolute atomic E-state index is 0.765. The molecule has 0 amide bonds. The van der Waals surface area contributed by atoms with Crippen LogP contribution in [-0.2, 0) is 6.54 Å². The van der Waals surface area contributed by atoms with E-state index in [1.54, 1.807) is 6.20 Å². The van der Waals surface area contributed by atoms with Gasteiger partial charge in [-0.1, -0.05) is 30.7 Å². The van der Waals surface area contributed by atoms with Crippen LogP contribution < -0.4 is 5.32 Å². The molecule has 104 valence electrons. The number of benzene rings is 1. The van der Waals surface area contributed by atoms with E-state index in [0.717, 1.165) is 30.1 Å². The number of hydrogen-bond acceptors (Lipinski definition) is 2. The molecule has 3 unspecified atom stereocenters. The van der Waals surface area contributed by atoms with E-state index >= 15 is 0 Å². The van der Waals surface area contributed by atoms with E-state index in [-0.39, 0.29) is 0 Å². The van der Waals surface area contributed by atoms with Crippen LogP contribution in [0.2, 0.25) is 0 Å². The number of nitrogens with one attached hydrogen (secondary N) is 2. The Morgan fingerprint density at radius 2 is 2.00 bits per heavy atom. The summed E-state index contributed by atoms with van der Waals surface area (Å²) in [4.78, 5) is 0. The molecule has 20 heavy (non-hydrogen) atoms. The minimum Gasteiger partial charge on any atom is -0.310 e. The van der Waals surface area contributed by atoms with Gasteiger partial charge in [0.25, 0.3) is 0 Å². The Morgan fingerprint density at radius 1 is 1.10 bits per heavy atom. The molecule has 2 bridgehead atoms. The molecule has 4 rings (SSSR count). The van der Waals surface area contributed by atoms with Crippen molar-refractivity contribution in [3.05, 3.63) is 42.1 Å². The molecule has 0 radical (unpaired) electrons. The van der Waals surface area contributed by atoms with Crippen LogP contribution in [0, 0.1) is 11.8 Å². The first-order valence-corrected chi connectivity index (χ1v) is 7.70. The molecule has 2 saturated carbocycles. The van der Waals surface area contributed by atoms with E-state index < -0.39 is 0 Å². The van der Waals surface area contributed by atoms with E-state index in [1.807, 2.05) is 6.07 Å². The largest absolute Gasteiger partial charge is 0.310 e. The standard InChI is InChI=1S/C17H21N3/c1-4-14(16-7-8-19-20-16)5-2-12(1)11-18-17-10-13-3-6-15(17)9-13/h1-2,4-5,7-8,13,15,17-18H,3,6,9-11H2,(H,19,20). The van der Waals surface area contributed by atoms with Crippen LogP contribution in [0.5, 0.6) is 0 Å². The summed E-state index contributed by atoms with van der Waals surface area (Å²) in [7, 11) is 0. The molecule has 2 aliphatic carbocycles. The van der Waals surface area contributed by atoms with Crippen molar-refractivity contribution in [2.24, 2.45) is 11.8 Å². The average Bonchev–Trinajstić information content (AvgIpc) is 3.22. The SMILES string of the molecule is c1cc(-c2ccc(CNC3CC4CCC3C4)cc2)[nH]n1. The number of fused-ring (bicyclic) bond motifs is 2. The van der Waals surface area contributed by atoms with Gasteiger partial charge in [-0.3, -0.25) is 5.10 Å². The molecule has 3 heteroatoms. The van der Waals surface area contributed by atoms with Gasteiger partial charge in [0.2, 0.25) is 0 Å². The smallest absolute Gasteiger partial charge is 0.0650 e. The van der Waals surface area contributed by atoms with Crippen molar-refractivity contribution in [1.82, 2.24) is 15.5 Å². The molecule has 1 aromatic carbocycles. The predicted octanol–water partition coefficient (Wildman–Crippen LogP) is 3.35. The van der Waals surface area contributed by atoms with Gasteiger partial charge in [0.05, 0.1) is 5.69 Å². The first-order valence-electron chi connectivity index (χ1n) is 7.70. The maximum absolute atomic E-state index is 3.99. The third-order valence-electron chi connectivity index (χ3n) is 5.07. The maximum atomic E-state index is 3.99. The quantitative estimate of drug-likeness (QED) is 0.892. The van der Waals surface area contributed by atoms with Crippen molar-refractivity contribution < 1.29 is 0 Å². The van der Waals surface area contributed by atoms with Crippen molar-refractivity contribution in [3.8, 4) is 11.3 Å². The lowest BCUT2D eigenvalue weighted by Crippen LogP contribution is -2.33. The molecule has 2 aromatic rings. The number of nitrogens with zero attached hydrogens (tertiary/aromatic N) is 1. The molecule has 0 saturated heterocycles. The molecular weight excluding hydrogens is 246 g/mol. The zero-order valence-electron chi connectivity index (χ0n) is 11.7. The number of aromatic amines is 1. The van der Waals surface area contributed by atoms with Gasteiger partial charge < -0.3 is 5.32 Å². The molecule has 2 N–H and O–H groups in total. The second-order valence-corrected chi connectivity index (χ2v) is 6.33. The van der Waals surface area contributed by atoms with Gasteiger partial charge in [-0.25, -0.2) is 0 Å². The minimum atomic E-state index is 0.765.